The third-order valence-corrected chi connectivity index (χ3v) is 3.99. The van der Waals surface area contributed by atoms with Crippen molar-refractivity contribution in [1.29, 1.82) is 0 Å². The predicted octanol–water partition coefficient (Wildman–Crippen LogP) is 4.12. The molecule has 0 bridgehead atoms. The Morgan fingerprint density at radius 1 is 1.04 bits per heavy atom. The summed E-state index contributed by atoms with van der Waals surface area (Å²) in [4.78, 5) is 24.5. The van der Waals surface area contributed by atoms with Gasteiger partial charge in [0.1, 0.15) is 17.2 Å². The summed E-state index contributed by atoms with van der Waals surface area (Å²) in [6, 6.07) is 14.9. The summed E-state index contributed by atoms with van der Waals surface area (Å²) in [5, 5.41) is 0. The molecule has 27 heavy (non-hydrogen) atoms. The lowest BCUT2D eigenvalue weighted by molar-refractivity contribution is 0.0701. The molecule has 0 fully saturated rings. The van der Waals surface area contributed by atoms with E-state index in [2.05, 4.69) is 0 Å². The van der Waals surface area contributed by atoms with Gasteiger partial charge in [-0.25, -0.2) is 4.79 Å². The fourth-order valence-electron chi connectivity index (χ4n) is 2.63. The number of Topliss-reactive ketones (excluding diaryl/α,β-unsaturated/α-hetero) is 1. The maximum Gasteiger partial charge on any atom is 0.379 e. The zero-order chi connectivity index (χ0) is 18.8. The van der Waals surface area contributed by atoms with Crippen LogP contribution in [0.5, 0.6) is 17.2 Å². The first-order chi connectivity index (χ1) is 13.1. The van der Waals surface area contributed by atoms with E-state index in [9.17, 15) is 9.59 Å². The number of hydrogen-bond donors (Lipinski definition) is 0. The van der Waals surface area contributed by atoms with Gasteiger partial charge in [0.25, 0.3) is 0 Å². The molecule has 0 N–H and O–H groups in total. The van der Waals surface area contributed by atoms with Crippen molar-refractivity contribution in [3.63, 3.8) is 0 Å². The Morgan fingerprint density at radius 2 is 1.81 bits per heavy atom. The Balaban J connectivity index is 1.54. The number of carbonyl (C=O) groups excluding carboxylic acids is 2. The van der Waals surface area contributed by atoms with E-state index in [1.807, 2.05) is 12.1 Å². The van der Waals surface area contributed by atoms with Gasteiger partial charge in [-0.3, -0.25) is 4.79 Å². The highest BCUT2D eigenvalue weighted by atomic mass is 16.5. The maximum absolute atomic E-state index is 12.5. The second-order valence-corrected chi connectivity index (χ2v) is 5.74. The Labute approximate surface area is 154 Å². The molecular weight excluding hydrogens is 348 g/mol. The minimum atomic E-state index is -0.627. The number of carbonyl (C=O) groups is 2. The third kappa shape index (κ3) is 3.32. The Hall–Kier alpha value is -3.80. The quantitative estimate of drug-likeness (QED) is 0.395. The van der Waals surface area contributed by atoms with Crippen LogP contribution in [0.15, 0.2) is 71.0 Å². The van der Waals surface area contributed by atoms with Crippen LogP contribution in [-0.2, 0) is 0 Å². The van der Waals surface area contributed by atoms with Gasteiger partial charge in [0, 0.05) is 6.07 Å². The van der Waals surface area contributed by atoms with Crippen molar-refractivity contribution in [2.75, 3.05) is 7.11 Å². The van der Waals surface area contributed by atoms with E-state index in [4.69, 9.17) is 18.6 Å². The van der Waals surface area contributed by atoms with Crippen LogP contribution < -0.4 is 14.2 Å². The van der Waals surface area contributed by atoms with Gasteiger partial charge in [0.15, 0.2) is 5.76 Å². The number of benzene rings is 2. The van der Waals surface area contributed by atoms with E-state index in [1.54, 1.807) is 37.5 Å². The summed E-state index contributed by atoms with van der Waals surface area (Å²) in [6.07, 6.45) is 3.04. The average molecular weight is 362 g/mol. The first-order valence-electron chi connectivity index (χ1n) is 8.12. The maximum atomic E-state index is 12.5. The number of esters is 1. The standard InChI is InChI=1S/C21H14O6/c1-24-14-6-4-13(5-7-14)11-19-20(22)16-9-8-15(12-18(16)27-19)26-21(23)17-3-2-10-25-17/h2-12H,1H3. The highest BCUT2D eigenvalue weighted by Gasteiger charge is 2.28. The number of hydrogen-bond acceptors (Lipinski definition) is 6. The minimum Gasteiger partial charge on any atom is -0.497 e. The lowest BCUT2D eigenvalue weighted by Gasteiger charge is -2.04. The number of allylic oxidation sites excluding steroid dienone is 1. The summed E-state index contributed by atoms with van der Waals surface area (Å²) in [5.41, 5.74) is 1.21. The van der Waals surface area contributed by atoms with Crippen LogP contribution in [-0.4, -0.2) is 18.9 Å². The smallest absolute Gasteiger partial charge is 0.379 e. The third-order valence-electron chi connectivity index (χ3n) is 3.99. The van der Waals surface area contributed by atoms with Crippen molar-refractivity contribution in [1.82, 2.24) is 0 Å². The molecule has 0 amide bonds. The van der Waals surface area contributed by atoms with Gasteiger partial charge in [-0.2, -0.15) is 0 Å². The number of methoxy groups -OCH3 is 1. The molecule has 134 valence electrons. The molecule has 0 atom stereocenters. The van der Waals surface area contributed by atoms with Crippen molar-refractivity contribution in [2.24, 2.45) is 0 Å². The Kier molecular flexibility index (Phi) is 4.22. The molecule has 0 saturated heterocycles. The lowest BCUT2D eigenvalue weighted by Crippen LogP contribution is -2.07. The lowest BCUT2D eigenvalue weighted by atomic mass is 10.1. The second-order valence-electron chi connectivity index (χ2n) is 5.74. The summed E-state index contributed by atoms with van der Waals surface area (Å²) in [7, 11) is 1.59. The van der Waals surface area contributed by atoms with E-state index in [-0.39, 0.29) is 23.1 Å². The molecular formula is C21H14O6. The van der Waals surface area contributed by atoms with E-state index < -0.39 is 5.97 Å². The van der Waals surface area contributed by atoms with Crippen molar-refractivity contribution < 1.29 is 28.2 Å². The molecule has 1 aliphatic rings. The molecule has 0 unspecified atom stereocenters. The largest absolute Gasteiger partial charge is 0.497 e. The van der Waals surface area contributed by atoms with Crippen LogP contribution in [0.2, 0.25) is 0 Å². The molecule has 0 aliphatic carbocycles. The van der Waals surface area contributed by atoms with Gasteiger partial charge < -0.3 is 18.6 Å². The predicted molar refractivity (Wildman–Crippen MR) is 96.0 cm³/mol. The molecule has 0 spiro atoms. The number of fused-ring (bicyclic) bond motifs is 1. The van der Waals surface area contributed by atoms with E-state index in [0.717, 1.165) is 11.3 Å². The normalized spacial score (nSPS) is 14.0. The van der Waals surface area contributed by atoms with Crippen LogP contribution in [0.4, 0.5) is 0 Å². The molecule has 6 nitrogen and oxygen atoms in total. The number of ether oxygens (including phenoxy) is 3. The van der Waals surface area contributed by atoms with Crippen LogP contribution in [0.1, 0.15) is 26.5 Å². The number of rotatable bonds is 4. The second kappa shape index (κ2) is 6.84. The van der Waals surface area contributed by atoms with Gasteiger partial charge in [-0.1, -0.05) is 12.1 Å². The molecule has 1 aliphatic heterocycles. The first kappa shape index (κ1) is 16.7. The number of ketones is 1. The molecule has 0 radical (unpaired) electrons. The fraction of sp³-hybridized carbons (Fsp3) is 0.0476. The topological polar surface area (TPSA) is 75.0 Å². The average Bonchev–Trinajstić information content (AvgIpc) is 3.32. The zero-order valence-corrected chi connectivity index (χ0v) is 14.3. The molecule has 1 aromatic heterocycles. The van der Waals surface area contributed by atoms with Gasteiger partial charge in [0.2, 0.25) is 11.5 Å². The summed E-state index contributed by atoms with van der Waals surface area (Å²) in [6.45, 7) is 0. The fourth-order valence-corrected chi connectivity index (χ4v) is 2.63. The number of furan rings is 1. The van der Waals surface area contributed by atoms with E-state index >= 15 is 0 Å². The highest BCUT2D eigenvalue weighted by molar-refractivity contribution is 6.14. The molecule has 6 heteroatoms. The van der Waals surface area contributed by atoms with Crippen molar-refractivity contribution in [3.8, 4) is 17.2 Å². The van der Waals surface area contributed by atoms with Crippen LogP contribution in [0.3, 0.4) is 0 Å². The van der Waals surface area contributed by atoms with Crippen molar-refractivity contribution in [3.05, 3.63) is 83.5 Å². The van der Waals surface area contributed by atoms with Crippen LogP contribution in [0, 0.1) is 0 Å². The summed E-state index contributed by atoms with van der Waals surface area (Å²) in [5.74, 6) is 0.750. The monoisotopic (exact) mass is 362 g/mol. The summed E-state index contributed by atoms with van der Waals surface area (Å²) >= 11 is 0. The Morgan fingerprint density at radius 3 is 2.52 bits per heavy atom. The Bertz CT molecular complexity index is 1030. The van der Waals surface area contributed by atoms with Crippen LogP contribution in [0.25, 0.3) is 6.08 Å². The van der Waals surface area contributed by atoms with Gasteiger partial charge in [0.05, 0.1) is 18.9 Å². The van der Waals surface area contributed by atoms with Gasteiger partial charge in [-0.05, 0) is 48.0 Å². The molecule has 2 heterocycles. The molecule has 0 saturated carbocycles. The van der Waals surface area contributed by atoms with E-state index in [0.29, 0.717) is 11.3 Å². The molecule has 2 aromatic carbocycles. The SMILES string of the molecule is COc1ccc(C=C2Oc3cc(OC(=O)c4ccco4)ccc3C2=O)cc1. The van der Waals surface area contributed by atoms with Crippen molar-refractivity contribution >= 4 is 17.8 Å². The molecule has 3 aromatic rings. The molecule has 4 rings (SSSR count). The van der Waals surface area contributed by atoms with Crippen LogP contribution >= 0.6 is 0 Å². The van der Waals surface area contributed by atoms with E-state index in [1.165, 1.54) is 24.5 Å². The minimum absolute atomic E-state index is 0.0904. The first-order valence-corrected chi connectivity index (χ1v) is 8.12. The van der Waals surface area contributed by atoms with Crippen molar-refractivity contribution in [2.45, 2.75) is 0 Å². The summed E-state index contributed by atoms with van der Waals surface area (Å²) < 4.78 is 21.0. The zero-order valence-electron chi connectivity index (χ0n) is 14.3. The van der Waals surface area contributed by atoms with Gasteiger partial charge in [-0.15, -0.1) is 0 Å². The highest BCUT2D eigenvalue weighted by Crippen LogP contribution is 2.35. The van der Waals surface area contributed by atoms with Gasteiger partial charge >= 0.3 is 5.97 Å².